The van der Waals surface area contributed by atoms with Gasteiger partial charge in [-0.15, -0.1) is 0 Å². The molecule has 0 aliphatic heterocycles. The molecule has 0 heterocycles. The minimum Gasteiger partial charge on any atom is -0.494 e. The lowest BCUT2D eigenvalue weighted by Gasteiger charge is -2.21. The lowest BCUT2D eigenvalue weighted by atomic mass is 10.2. The maximum atomic E-state index is 11.8. The fourth-order valence-electron chi connectivity index (χ4n) is 2.01. The molecule has 0 saturated carbocycles. The van der Waals surface area contributed by atoms with Crippen molar-refractivity contribution in [3.05, 3.63) is 59.1 Å². The van der Waals surface area contributed by atoms with Crippen molar-refractivity contribution in [3.8, 4) is 5.75 Å². The third-order valence-electron chi connectivity index (χ3n) is 2.97. The first-order valence-corrected chi connectivity index (χ1v) is 8.76. The molecular formula is C15H17ClNO4P. The molecule has 0 aromatic heterocycles. The molecule has 0 spiro atoms. The molecule has 2 aromatic rings. The van der Waals surface area contributed by atoms with Crippen LogP contribution in [-0.2, 0) is 4.57 Å². The summed E-state index contributed by atoms with van der Waals surface area (Å²) in [6, 6.07) is 13.3. The average Bonchev–Trinajstić information content (AvgIpc) is 2.45. The topological polar surface area (TPSA) is 78.8 Å². The number of hydrogen-bond acceptors (Lipinski definition) is 3. The normalized spacial score (nSPS) is 12.7. The minimum atomic E-state index is -4.41. The molecule has 2 aromatic carbocycles. The van der Waals surface area contributed by atoms with Crippen molar-refractivity contribution in [2.75, 3.05) is 11.9 Å². The van der Waals surface area contributed by atoms with E-state index < -0.39 is 13.4 Å². The van der Waals surface area contributed by atoms with Gasteiger partial charge in [0, 0.05) is 10.7 Å². The van der Waals surface area contributed by atoms with Gasteiger partial charge in [0.15, 0.2) is 5.78 Å². The zero-order chi connectivity index (χ0) is 16.2. The number of benzene rings is 2. The number of halogens is 1. The Morgan fingerprint density at radius 2 is 1.91 bits per heavy atom. The maximum Gasteiger partial charge on any atom is 0.352 e. The highest BCUT2D eigenvalue weighted by Gasteiger charge is 2.30. The number of anilines is 1. The Kier molecular flexibility index (Phi) is 5.48. The standard InChI is InChI=1S/C15H17ClNO4P/c1-2-21-14-8-6-13(7-9-14)17-15(22(18,19)20)11-4-3-5-12(16)10-11/h3-10,15,17H,2H2,1H3,(H2,18,19,20). The molecule has 7 heteroatoms. The van der Waals surface area contributed by atoms with Gasteiger partial charge in [-0.2, -0.15) is 0 Å². The molecule has 0 saturated heterocycles. The van der Waals surface area contributed by atoms with Crippen molar-refractivity contribution in [2.45, 2.75) is 12.7 Å². The Morgan fingerprint density at radius 3 is 2.45 bits per heavy atom. The van der Waals surface area contributed by atoms with Crippen LogP contribution in [0.3, 0.4) is 0 Å². The van der Waals surface area contributed by atoms with E-state index in [0.29, 0.717) is 28.6 Å². The first kappa shape index (κ1) is 16.8. The second-order valence-corrected chi connectivity index (χ2v) is 6.78. The van der Waals surface area contributed by atoms with E-state index in [2.05, 4.69) is 5.32 Å². The van der Waals surface area contributed by atoms with Gasteiger partial charge in [0.2, 0.25) is 0 Å². The molecule has 0 aliphatic carbocycles. The first-order valence-electron chi connectivity index (χ1n) is 6.70. The van der Waals surface area contributed by atoms with Crippen molar-refractivity contribution in [1.82, 2.24) is 0 Å². The van der Waals surface area contributed by atoms with Crippen molar-refractivity contribution in [1.29, 1.82) is 0 Å². The Bertz CT molecular complexity index is 671. The summed E-state index contributed by atoms with van der Waals surface area (Å²) in [5.74, 6) is -0.465. The number of rotatable bonds is 6. The molecule has 0 fully saturated rings. The summed E-state index contributed by atoms with van der Waals surface area (Å²) >= 11 is 5.90. The van der Waals surface area contributed by atoms with Crippen LogP contribution in [0.15, 0.2) is 48.5 Å². The van der Waals surface area contributed by atoms with Crippen LogP contribution in [-0.4, -0.2) is 16.4 Å². The molecule has 5 nitrogen and oxygen atoms in total. The zero-order valence-electron chi connectivity index (χ0n) is 11.9. The van der Waals surface area contributed by atoms with Crippen LogP contribution in [0.5, 0.6) is 5.75 Å². The molecule has 1 unspecified atom stereocenters. The second kappa shape index (κ2) is 7.16. The second-order valence-electron chi connectivity index (χ2n) is 4.65. The summed E-state index contributed by atoms with van der Waals surface area (Å²) in [6.07, 6.45) is 0. The molecular weight excluding hydrogens is 325 g/mol. The van der Waals surface area contributed by atoms with E-state index in [9.17, 15) is 14.4 Å². The summed E-state index contributed by atoms with van der Waals surface area (Å²) in [5.41, 5.74) is 1.01. The highest BCUT2D eigenvalue weighted by Crippen LogP contribution is 2.52. The predicted octanol–water partition coefficient (Wildman–Crippen LogP) is 4.03. The largest absolute Gasteiger partial charge is 0.494 e. The molecule has 2 rings (SSSR count). The average molecular weight is 342 g/mol. The maximum absolute atomic E-state index is 11.8. The van der Waals surface area contributed by atoms with Crippen molar-refractivity contribution in [2.24, 2.45) is 0 Å². The molecule has 0 aliphatic rings. The van der Waals surface area contributed by atoms with Crippen LogP contribution < -0.4 is 10.1 Å². The SMILES string of the molecule is CCOc1ccc(NC(c2cccc(Cl)c2)P(=O)(O)O)cc1. The summed E-state index contributed by atoms with van der Waals surface area (Å²) in [6.45, 7) is 2.44. The molecule has 0 amide bonds. The summed E-state index contributed by atoms with van der Waals surface area (Å²) in [4.78, 5) is 19.2. The van der Waals surface area contributed by atoms with E-state index in [0.717, 1.165) is 0 Å². The van der Waals surface area contributed by atoms with Gasteiger partial charge in [-0.05, 0) is 48.9 Å². The summed E-state index contributed by atoms with van der Waals surface area (Å²) < 4.78 is 17.1. The van der Waals surface area contributed by atoms with Crippen LogP contribution in [0.1, 0.15) is 18.3 Å². The van der Waals surface area contributed by atoms with E-state index in [1.165, 1.54) is 6.07 Å². The molecule has 0 radical (unpaired) electrons. The Labute approximate surface area is 134 Å². The summed E-state index contributed by atoms with van der Waals surface area (Å²) in [7, 11) is -4.41. The van der Waals surface area contributed by atoms with Gasteiger partial charge in [-0.25, -0.2) is 0 Å². The van der Waals surface area contributed by atoms with Crippen LogP contribution in [0.2, 0.25) is 5.02 Å². The highest BCUT2D eigenvalue weighted by atomic mass is 35.5. The predicted molar refractivity (Wildman–Crippen MR) is 87.5 cm³/mol. The fraction of sp³-hybridized carbons (Fsp3) is 0.200. The van der Waals surface area contributed by atoms with Crippen molar-refractivity contribution < 1.29 is 19.1 Å². The Hall–Kier alpha value is -1.52. The van der Waals surface area contributed by atoms with Gasteiger partial charge in [0.05, 0.1) is 6.61 Å². The van der Waals surface area contributed by atoms with E-state index in [1.807, 2.05) is 6.92 Å². The van der Waals surface area contributed by atoms with Crippen molar-refractivity contribution in [3.63, 3.8) is 0 Å². The highest BCUT2D eigenvalue weighted by molar-refractivity contribution is 7.52. The van der Waals surface area contributed by atoms with E-state index in [1.54, 1.807) is 42.5 Å². The van der Waals surface area contributed by atoms with Gasteiger partial charge < -0.3 is 19.8 Å². The van der Waals surface area contributed by atoms with Gasteiger partial charge in [-0.3, -0.25) is 4.57 Å². The van der Waals surface area contributed by atoms with Crippen LogP contribution in [0.4, 0.5) is 5.69 Å². The van der Waals surface area contributed by atoms with Gasteiger partial charge >= 0.3 is 7.60 Å². The minimum absolute atomic E-state index is 0.421. The molecule has 0 bridgehead atoms. The number of hydrogen-bond donors (Lipinski definition) is 3. The van der Waals surface area contributed by atoms with Crippen molar-refractivity contribution >= 4 is 24.9 Å². The Morgan fingerprint density at radius 1 is 1.23 bits per heavy atom. The van der Waals surface area contributed by atoms with Crippen LogP contribution >= 0.6 is 19.2 Å². The first-order chi connectivity index (χ1) is 10.4. The van der Waals surface area contributed by atoms with Gasteiger partial charge in [0.25, 0.3) is 0 Å². The smallest absolute Gasteiger partial charge is 0.352 e. The summed E-state index contributed by atoms with van der Waals surface area (Å²) in [5, 5.41) is 3.28. The number of ether oxygens (including phenoxy) is 1. The van der Waals surface area contributed by atoms with E-state index in [-0.39, 0.29) is 0 Å². The van der Waals surface area contributed by atoms with Crippen LogP contribution in [0, 0.1) is 0 Å². The lowest BCUT2D eigenvalue weighted by molar-refractivity contribution is 0.340. The third-order valence-corrected chi connectivity index (χ3v) is 4.30. The fourth-order valence-corrected chi connectivity index (χ4v) is 3.08. The monoisotopic (exact) mass is 341 g/mol. The molecule has 1 atom stereocenters. The van der Waals surface area contributed by atoms with Gasteiger partial charge in [-0.1, -0.05) is 23.7 Å². The number of nitrogens with one attached hydrogen (secondary N) is 1. The molecule has 118 valence electrons. The van der Waals surface area contributed by atoms with E-state index in [4.69, 9.17) is 16.3 Å². The molecule has 22 heavy (non-hydrogen) atoms. The van der Waals surface area contributed by atoms with E-state index >= 15 is 0 Å². The lowest BCUT2D eigenvalue weighted by Crippen LogP contribution is -2.11. The quantitative estimate of drug-likeness (QED) is 0.691. The van der Waals surface area contributed by atoms with Gasteiger partial charge in [0.1, 0.15) is 5.75 Å². The molecule has 3 N–H and O–H groups in total. The Balaban J connectivity index is 2.26. The zero-order valence-corrected chi connectivity index (χ0v) is 13.6. The van der Waals surface area contributed by atoms with Crippen LogP contribution in [0.25, 0.3) is 0 Å². The third kappa shape index (κ3) is 4.49.